The van der Waals surface area contributed by atoms with E-state index in [0.29, 0.717) is 22.4 Å². The maximum Gasteiger partial charge on any atom is 0.453 e. The van der Waals surface area contributed by atoms with Gasteiger partial charge < -0.3 is 15.8 Å². The van der Waals surface area contributed by atoms with Crippen LogP contribution < -0.4 is 15.8 Å². The molecule has 0 spiro atoms. The molecule has 1 aliphatic rings. The third-order valence-electron chi connectivity index (χ3n) is 6.88. The molecule has 0 saturated carbocycles. The Morgan fingerprint density at radius 3 is 2.48 bits per heavy atom. The van der Waals surface area contributed by atoms with Crippen LogP contribution in [0.3, 0.4) is 0 Å². The molecule has 1 amide bonds. The van der Waals surface area contributed by atoms with Crippen molar-refractivity contribution in [2.24, 2.45) is 7.05 Å². The number of hydrogen-bond donors (Lipinski definition) is 2. The maximum atomic E-state index is 13.6. The van der Waals surface area contributed by atoms with E-state index >= 15 is 0 Å². The summed E-state index contributed by atoms with van der Waals surface area (Å²) < 4.78 is 71.8. The lowest BCUT2D eigenvalue weighted by Crippen LogP contribution is -2.36. The molecule has 210 valence electrons. The van der Waals surface area contributed by atoms with Crippen molar-refractivity contribution in [1.82, 2.24) is 34.7 Å². The van der Waals surface area contributed by atoms with Crippen molar-refractivity contribution < 1.29 is 31.5 Å². The fourth-order valence-corrected chi connectivity index (χ4v) is 4.75. The fourth-order valence-electron chi connectivity index (χ4n) is 4.75. The minimum atomic E-state index is -5.71. The van der Waals surface area contributed by atoms with Gasteiger partial charge in [0.25, 0.3) is 0 Å². The number of nitrogens with two attached hydrogens (primary N) is 1. The van der Waals surface area contributed by atoms with E-state index in [9.17, 15) is 26.7 Å². The monoisotopic (exact) mass is 563 g/mol. The van der Waals surface area contributed by atoms with Crippen LogP contribution in [0.25, 0.3) is 22.6 Å². The lowest BCUT2D eigenvalue weighted by Gasteiger charge is -2.26. The molecule has 0 aliphatic carbocycles. The fraction of sp³-hybridized carbons (Fsp3) is 0.375. The van der Waals surface area contributed by atoms with Gasteiger partial charge in [0, 0.05) is 32.2 Å². The van der Waals surface area contributed by atoms with Crippen LogP contribution in [-0.2, 0) is 23.7 Å². The first-order valence-electron chi connectivity index (χ1n) is 12.0. The van der Waals surface area contributed by atoms with E-state index in [2.05, 4.69) is 35.3 Å². The second-order valence-electron chi connectivity index (χ2n) is 9.15. The zero-order chi connectivity index (χ0) is 29.0. The molecule has 5 heterocycles. The lowest BCUT2D eigenvalue weighted by molar-refractivity contribution is -0.284. The molecule has 1 aliphatic heterocycles. The van der Waals surface area contributed by atoms with E-state index in [0.717, 1.165) is 0 Å². The number of aryl methyl sites for hydroxylation is 2. The third-order valence-corrected chi connectivity index (χ3v) is 6.88. The van der Waals surface area contributed by atoms with Crippen LogP contribution in [0.4, 0.5) is 33.6 Å². The highest BCUT2D eigenvalue weighted by molar-refractivity contribution is 6.09. The molecule has 5 rings (SSSR count). The topological polar surface area (TPSA) is 147 Å². The summed E-state index contributed by atoms with van der Waals surface area (Å²) in [7, 11) is 2.98. The van der Waals surface area contributed by atoms with E-state index in [4.69, 9.17) is 10.5 Å². The van der Waals surface area contributed by atoms with Gasteiger partial charge >= 0.3 is 12.1 Å². The number of carbonyl (C=O) groups excluding carboxylic acids is 1. The van der Waals surface area contributed by atoms with Crippen molar-refractivity contribution in [3.05, 3.63) is 41.5 Å². The molecule has 1 atom stereocenters. The molecular formula is C24H22F5N9O2. The molecule has 4 aromatic rings. The Kier molecular flexibility index (Phi) is 6.30. The van der Waals surface area contributed by atoms with Crippen LogP contribution in [-0.4, -0.2) is 59.8 Å². The Bertz CT molecular complexity index is 1620. The average Bonchev–Trinajstić information content (AvgIpc) is 3.43. The molecule has 11 nitrogen and oxygen atoms in total. The first-order valence-corrected chi connectivity index (χ1v) is 12.0. The van der Waals surface area contributed by atoms with Crippen LogP contribution in [0.1, 0.15) is 36.7 Å². The summed E-state index contributed by atoms with van der Waals surface area (Å²) in [5.74, 6) is -5.35. The molecule has 4 aromatic heterocycles. The molecule has 0 radical (unpaired) electrons. The molecule has 40 heavy (non-hydrogen) atoms. The largest absolute Gasteiger partial charge is 0.481 e. The number of hydrogen-bond acceptors (Lipinski definition) is 9. The Morgan fingerprint density at radius 1 is 1.10 bits per heavy atom. The molecule has 0 bridgehead atoms. The summed E-state index contributed by atoms with van der Waals surface area (Å²) in [6.07, 6.45) is -4.91. The van der Waals surface area contributed by atoms with Gasteiger partial charge in [-0.3, -0.25) is 9.48 Å². The highest BCUT2D eigenvalue weighted by Gasteiger charge is 2.56. The molecule has 16 heteroatoms. The van der Waals surface area contributed by atoms with Crippen molar-refractivity contribution >= 4 is 28.6 Å². The highest BCUT2D eigenvalue weighted by atomic mass is 19.4. The number of nitrogens with zero attached hydrogens (tertiary/aromatic N) is 7. The first kappa shape index (κ1) is 27.1. The van der Waals surface area contributed by atoms with Crippen molar-refractivity contribution in [2.75, 3.05) is 18.2 Å². The van der Waals surface area contributed by atoms with E-state index in [1.807, 2.05) is 0 Å². The number of alkyl halides is 5. The van der Waals surface area contributed by atoms with Gasteiger partial charge in [-0.05, 0) is 12.0 Å². The highest BCUT2D eigenvalue weighted by Crippen LogP contribution is 2.47. The first-order chi connectivity index (χ1) is 18.8. The number of carbonyl (C=O) groups is 1. The number of amides is 1. The smallest absolute Gasteiger partial charge is 0.453 e. The van der Waals surface area contributed by atoms with Gasteiger partial charge in [-0.25, -0.2) is 24.9 Å². The quantitative estimate of drug-likeness (QED) is 0.322. The van der Waals surface area contributed by atoms with Gasteiger partial charge in [0.2, 0.25) is 11.8 Å². The normalized spacial score (nSPS) is 17.2. The molecule has 1 unspecified atom stereocenters. The number of aromatic nitrogens is 7. The number of ether oxygens (including phenoxy) is 1. The van der Waals surface area contributed by atoms with E-state index in [1.54, 1.807) is 19.1 Å². The number of nitrogens with one attached hydrogen (secondary N) is 1. The predicted octanol–water partition coefficient (Wildman–Crippen LogP) is 3.58. The van der Waals surface area contributed by atoms with Crippen molar-refractivity contribution in [2.45, 2.75) is 43.7 Å². The van der Waals surface area contributed by atoms with E-state index < -0.39 is 36.3 Å². The number of rotatable bonds is 7. The van der Waals surface area contributed by atoms with Gasteiger partial charge in [-0.2, -0.15) is 27.1 Å². The summed E-state index contributed by atoms with van der Waals surface area (Å²) in [4.78, 5) is 34.7. The average molecular weight is 563 g/mol. The Labute approximate surface area is 223 Å². The minimum absolute atomic E-state index is 0.00675. The number of pyridine rings is 1. The number of methoxy groups -OCH3 is 1. The van der Waals surface area contributed by atoms with Crippen LogP contribution in [0.5, 0.6) is 5.88 Å². The third kappa shape index (κ3) is 4.14. The van der Waals surface area contributed by atoms with Crippen LogP contribution in [0, 0.1) is 0 Å². The number of nitrogen functional groups attached to an aromatic ring is 1. The lowest BCUT2D eigenvalue weighted by atomic mass is 9.74. The van der Waals surface area contributed by atoms with Crippen molar-refractivity contribution in [3.63, 3.8) is 0 Å². The summed E-state index contributed by atoms with van der Waals surface area (Å²) in [5, 5.41) is 7.11. The standard InChI is InChI=1S/C24H22F5N9O2/c1-4-22(11-5-6-14(40-3)31-9-11)15-17(30)35-19(36-18(15)37-21(22)39)16-12-10-32-38(2)20(12)34-13(33-16)7-8-23(25,26)24(27,28)29/h5-6,9-10H,4,7-8H2,1-3H3,(H3,30,35,36,37,39). The Morgan fingerprint density at radius 2 is 1.85 bits per heavy atom. The Balaban J connectivity index is 1.61. The zero-order valence-corrected chi connectivity index (χ0v) is 21.3. The van der Waals surface area contributed by atoms with Crippen LogP contribution in [0.15, 0.2) is 24.5 Å². The maximum absolute atomic E-state index is 13.6. The molecule has 0 fully saturated rings. The minimum Gasteiger partial charge on any atom is -0.481 e. The van der Waals surface area contributed by atoms with Gasteiger partial charge in [0.1, 0.15) is 28.6 Å². The SMILES string of the molecule is CCC1(c2ccc(OC)nc2)C(=O)Nc2nc(-c3nc(CCC(F)(F)C(F)(F)F)nc4c3cnn4C)nc(N)c21. The van der Waals surface area contributed by atoms with Crippen LogP contribution in [0.2, 0.25) is 0 Å². The summed E-state index contributed by atoms with van der Waals surface area (Å²) in [6.45, 7) is 1.79. The van der Waals surface area contributed by atoms with Gasteiger partial charge in [-0.15, -0.1) is 0 Å². The second-order valence-corrected chi connectivity index (χ2v) is 9.15. The summed E-state index contributed by atoms with van der Waals surface area (Å²) >= 11 is 0. The predicted molar refractivity (Wildman–Crippen MR) is 132 cm³/mol. The molecule has 3 N–H and O–H groups in total. The van der Waals surface area contributed by atoms with Crippen LogP contribution >= 0.6 is 0 Å². The molecule has 0 saturated heterocycles. The molecular weight excluding hydrogens is 541 g/mol. The van der Waals surface area contributed by atoms with Crippen molar-refractivity contribution in [3.8, 4) is 17.4 Å². The van der Waals surface area contributed by atoms with Gasteiger partial charge in [-0.1, -0.05) is 13.0 Å². The zero-order valence-electron chi connectivity index (χ0n) is 21.3. The van der Waals surface area contributed by atoms with Gasteiger partial charge in [0.15, 0.2) is 11.5 Å². The van der Waals surface area contributed by atoms with E-state index in [1.165, 1.54) is 31.2 Å². The van der Waals surface area contributed by atoms with Crippen molar-refractivity contribution in [1.29, 1.82) is 0 Å². The number of fused-ring (bicyclic) bond motifs is 2. The van der Waals surface area contributed by atoms with Gasteiger partial charge in [0.05, 0.1) is 24.3 Å². The Hall–Kier alpha value is -4.50. The number of anilines is 2. The summed E-state index contributed by atoms with van der Waals surface area (Å²) in [6, 6.07) is 3.29. The number of halogens is 5. The van der Waals surface area contributed by atoms with E-state index in [-0.39, 0.29) is 41.0 Å². The summed E-state index contributed by atoms with van der Waals surface area (Å²) in [5.41, 5.74) is 6.14. The second kappa shape index (κ2) is 9.31. The molecule has 0 aromatic carbocycles.